The molecule has 0 atom stereocenters. The predicted molar refractivity (Wildman–Crippen MR) is 208 cm³/mol. The van der Waals surface area contributed by atoms with Crippen molar-refractivity contribution in [2.24, 2.45) is 0 Å². The fourth-order valence-electron chi connectivity index (χ4n) is 9.09. The summed E-state index contributed by atoms with van der Waals surface area (Å²) in [5, 5.41) is 1.64. The van der Waals surface area contributed by atoms with Gasteiger partial charge < -0.3 is 9.80 Å². The van der Waals surface area contributed by atoms with Gasteiger partial charge in [0.1, 0.15) is 0 Å². The van der Waals surface area contributed by atoms with E-state index in [2.05, 4.69) is 153 Å². The molecule has 51 heavy (non-hydrogen) atoms. The summed E-state index contributed by atoms with van der Waals surface area (Å²) in [6.07, 6.45) is 0. The molecule has 0 spiro atoms. The van der Waals surface area contributed by atoms with Crippen LogP contribution >= 0.6 is 0 Å². The Morgan fingerprint density at radius 1 is 0.431 bits per heavy atom. The van der Waals surface area contributed by atoms with E-state index >= 15 is 0 Å². The van der Waals surface area contributed by atoms with E-state index in [0.717, 1.165) is 56.0 Å². The van der Waals surface area contributed by atoms with Gasteiger partial charge in [0.2, 0.25) is 9.84 Å². The van der Waals surface area contributed by atoms with Crippen LogP contribution in [0.1, 0.15) is 49.9 Å². The van der Waals surface area contributed by atoms with E-state index in [1.807, 2.05) is 30.3 Å². The quantitative estimate of drug-likeness (QED) is 0.182. The van der Waals surface area contributed by atoms with Crippen molar-refractivity contribution >= 4 is 54.7 Å². The highest BCUT2D eigenvalue weighted by molar-refractivity contribution is 7.92. The van der Waals surface area contributed by atoms with Gasteiger partial charge in [0.15, 0.2) is 0 Å². The lowest BCUT2D eigenvalue weighted by molar-refractivity contribution is 0.599. The molecule has 0 saturated carbocycles. The summed E-state index contributed by atoms with van der Waals surface area (Å²) in [5.41, 5.74) is 12.3. The van der Waals surface area contributed by atoms with Crippen molar-refractivity contribution in [3.63, 3.8) is 0 Å². The highest BCUT2D eigenvalue weighted by Crippen LogP contribution is 2.57. The second-order valence-corrected chi connectivity index (χ2v) is 16.8. The van der Waals surface area contributed by atoms with Gasteiger partial charge in [-0.3, -0.25) is 0 Å². The number of rotatable bonds is 2. The fourth-order valence-corrected chi connectivity index (χ4v) is 10.9. The zero-order valence-corrected chi connectivity index (χ0v) is 29.8. The van der Waals surface area contributed by atoms with Crippen LogP contribution in [0.3, 0.4) is 0 Å². The number of para-hydroxylation sites is 4. The minimum atomic E-state index is -3.80. The van der Waals surface area contributed by atoms with Crippen molar-refractivity contribution in [1.82, 2.24) is 0 Å². The summed E-state index contributed by atoms with van der Waals surface area (Å²) in [4.78, 5) is 5.37. The second-order valence-electron chi connectivity index (χ2n) is 15.0. The first-order chi connectivity index (χ1) is 24.6. The molecule has 0 saturated heterocycles. The summed E-state index contributed by atoms with van der Waals surface area (Å²) < 4.78 is 29.2. The predicted octanol–water partition coefficient (Wildman–Crippen LogP) is 11.9. The van der Waals surface area contributed by atoms with Gasteiger partial charge in [-0.05, 0) is 70.8 Å². The molecule has 0 radical (unpaired) electrons. The summed E-state index contributed by atoms with van der Waals surface area (Å²) in [6.45, 7) is 9.12. The first-order valence-corrected chi connectivity index (χ1v) is 19.0. The molecule has 3 aliphatic heterocycles. The molecular weight excluding hydrogens is 645 g/mol. The standard InChI is InChI=1S/C46H36N2O2S/c1-45(2)34-17-7-11-21-38(34)47(39-22-12-8-18-35(39)45)29-25-26-43-32(27-29)33-28-42(30-15-5-6-16-31(30)44(33)51(43,49)50)48-40-23-13-9-19-36(40)46(3,4)37-20-10-14-24-41(37)48/h5-28H,1-4H3. The van der Waals surface area contributed by atoms with Crippen LogP contribution in [0, 0.1) is 0 Å². The maximum Gasteiger partial charge on any atom is 0.208 e. The van der Waals surface area contributed by atoms with Crippen molar-refractivity contribution in [3.8, 4) is 11.1 Å². The zero-order chi connectivity index (χ0) is 34.9. The van der Waals surface area contributed by atoms with Crippen molar-refractivity contribution in [1.29, 1.82) is 0 Å². The van der Waals surface area contributed by atoms with Gasteiger partial charge in [0.25, 0.3) is 0 Å². The average Bonchev–Trinajstić information content (AvgIpc) is 3.37. The Kier molecular flexibility index (Phi) is 6.05. The fraction of sp³-hybridized carbons (Fsp3) is 0.130. The number of anilines is 6. The van der Waals surface area contributed by atoms with Crippen LogP contribution in [0.4, 0.5) is 34.1 Å². The third kappa shape index (κ3) is 3.93. The van der Waals surface area contributed by atoms with Crippen molar-refractivity contribution in [2.75, 3.05) is 9.80 Å². The van der Waals surface area contributed by atoms with Crippen LogP contribution in [0.25, 0.3) is 21.9 Å². The van der Waals surface area contributed by atoms with Gasteiger partial charge in [-0.1, -0.05) is 125 Å². The number of sulfone groups is 1. The summed E-state index contributed by atoms with van der Waals surface area (Å²) in [5.74, 6) is 0. The van der Waals surface area contributed by atoms with Crippen molar-refractivity contribution in [2.45, 2.75) is 48.3 Å². The Labute approximate surface area is 299 Å². The summed E-state index contributed by atoms with van der Waals surface area (Å²) >= 11 is 0. The van der Waals surface area contributed by atoms with E-state index in [1.165, 1.54) is 22.3 Å². The minimum Gasteiger partial charge on any atom is -0.310 e. The van der Waals surface area contributed by atoms with E-state index in [1.54, 1.807) is 0 Å². The molecule has 0 aromatic heterocycles. The number of nitrogens with zero attached hydrogens (tertiary/aromatic N) is 2. The van der Waals surface area contributed by atoms with Crippen LogP contribution in [-0.2, 0) is 20.7 Å². The number of hydrogen-bond acceptors (Lipinski definition) is 4. The molecule has 0 N–H and O–H groups in total. The van der Waals surface area contributed by atoms with E-state index < -0.39 is 9.84 Å². The maximum absolute atomic E-state index is 14.6. The molecule has 10 rings (SSSR count). The molecule has 0 aliphatic carbocycles. The number of benzene rings is 7. The first-order valence-electron chi connectivity index (χ1n) is 17.5. The van der Waals surface area contributed by atoms with Crippen molar-refractivity contribution in [3.05, 3.63) is 168 Å². The molecular formula is C46H36N2O2S. The summed E-state index contributed by atoms with van der Waals surface area (Å²) in [6, 6.07) is 50.3. The molecule has 3 heterocycles. The first kappa shape index (κ1) is 30.2. The van der Waals surface area contributed by atoms with Crippen molar-refractivity contribution < 1.29 is 8.42 Å². The zero-order valence-electron chi connectivity index (χ0n) is 29.0. The van der Waals surface area contributed by atoms with Crippen LogP contribution in [0.15, 0.2) is 155 Å². The van der Waals surface area contributed by atoms with Gasteiger partial charge >= 0.3 is 0 Å². The Morgan fingerprint density at radius 3 is 1.37 bits per heavy atom. The Balaban J connectivity index is 1.25. The molecule has 0 fully saturated rings. The molecule has 0 unspecified atom stereocenters. The van der Waals surface area contributed by atoms with Gasteiger partial charge in [-0.15, -0.1) is 0 Å². The lowest BCUT2D eigenvalue weighted by atomic mass is 9.73. The number of hydrogen-bond donors (Lipinski definition) is 0. The number of fused-ring (bicyclic) bond motifs is 9. The smallest absolute Gasteiger partial charge is 0.208 e. The molecule has 7 aromatic carbocycles. The van der Waals surface area contributed by atoms with Gasteiger partial charge in [-0.2, -0.15) is 0 Å². The molecule has 4 nitrogen and oxygen atoms in total. The SMILES string of the molecule is CC1(C)c2ccccc2N(c2ccc3c(c2)-c2cc(N4c5ccccc5C(C)(C)c5ccccc54)c4ccccc4c2S3(=O)=O)c2ccccc21. The van der Waals surface area contributed by atoms with Crippen LogP contribution in [0.2, 0.25) is 0 Å². The Hall–Kier alpha value is -5.65. The largest absolute Gasteiger partial charge is 0.310 e. The lowest BCUT2D eigenvalue weighted by Crippen LogP contribution is -2.30. The topological polar surface area (TPSA) is 40.6 Å². The normalized spacial score (nSPS) is 16.8. The molecule has 248 valence electrons. The maximum atomic E-state index is 14.6. The Bertz CT molecular complexity index is 2640. The minimum absolute atomic E-state index is 0.195. The highest BCUT2D eigenvalue weighted by Gasteiger charge is 2.41. The monoisotopic (exact) mass is 680 g/mol. The van der Waals surface area contributed by atoms with Gasteiger partial charge in [0.05, 0.1) is 38.2 Å². The molecule has 3 aliphatic rings. The average molecular weight is 681 g/mol. The molecule has 7 aromatic rings. The van der Waals surface area contributed by atoms with Crippen LogP contribution < -0.4 is 9.80 Å². The van der Waals surface area contributed by atoms with Gasteiger partial charge in [0, 0.05) is 38.4 Å². The molecule has 5 heteroatoms. The highest BCUT2D eigenvalue weighted by atomic mass is 32.2. The summed E-state index contributed by atoms with van der Waals surface area (Å²) in [7, 11) is -3.80. The van der Waals surface area contributed by atoms with Crippen LogP contribution in [-0.4, -0.2) is 8.42 Å². The Morgan fingerprint density at radius 2 is 0.863 bits per heavy atom. The van der Waals surface area contributed by atoms with E-state index in [9.17, 15) is 8.42 Å². The molecule has 0 amide bonds. The third-order valence-electron chi connectivity index (χ3n) is 11.6. The third-order valence-corrected chi connectivity index (χ3v) is 13.5. The van der Waals surface area contributed by atoms with Crippen LogP contribution in [0.5, 0.6) is 0 Å². The van der Waals surface area contributed by atoms with E-state index in [-0.39, 0.29) is 10.8 Å². The van der Waals surface area contributed by atoms with Gasteiger partial charge in [-0.25, -0.2) is 8.42 Å². The second kappa shape index (κ2) is 10.2. The molecule has 0 bridgehead atoms. The lowest BCUT2D eigenvalue weighted by Gasteiger charge is -2.42. The van der Waals surface area contributed by atoms with E-state index in [0.29, 0.717) is 9.79 Å². The van der Waals surface area contributed by atoms with E-state index in [4.69, 9.17) is 0 Å².